The number of rotatable bonds is 8. The summed E-state index contributed by atoms with van der Waals surface area (Å²) >= 11 is 6.34. The van der Waals surface area contributed by atoms with Gasteiger partial charge in [-0.1, -0.05) is 11.6 Å². The lowest BCUT2D eigenvalue weighted by atomic mass is 10.1. The average Bonchev–Trinajstić information content (AvgIpc) is 3.22. The van der Waals surface area contributed by atoms with Crippen LogP contribution in [0.2, 0.25) is 5.02 Å². The van der Waals surface area contributed by atoms with E-state index < -0.39 is 40.7 Å². The van der Waals surface area contributed by atoms with Crippen LogP contribution < -0.4 is 10.1 Å². The normalized spacial score (nSPS) is 11.9. The molecule has 0 saturated heterocycles. The Hall–Kier alpha value is -3.39. The summed E-state index contributed by atoms with van der Waals surface area (Å²) in [6.07, 6.45) is 1.05. The lowest BCUT2D eigenvalue weighted by Gasteiger charge is -2.16. The molecule has 0 saturated carbocycles. The third-order valence-electron chi connectivity index (χ3n) is 4.91. The summed E-state index contributed by atoms with van der Waals surface area (Å²) in [5.74, 6) is -2.12. The highest BCUT2D eigenvalue weighted by Gasteiger charge is 2.22. The number of aromatic amines is 1. The quantitative estimate of drug-likeness (QED) is 0.272. The fourth-order valence-electron chi connectivity index (χ4n) is 3.18. The molecule has 4 rings (SSSR count). The average molecular weight is 526 g/mol. The van der Waals surface area contributed by atoms with Crippen molar-refractivity contribution in [3.63, 3.8) is 0 Å². The van der Waals surface area contributed by atoms with Crippen molar-refractivity contribution < 1.29 is 32.1 Å². The first-order chi connectivity index (χ1) is 16.6. The number of aromatic nitrogens is 4. The Morgan fingerprint density at radius 1 is 1.14 bits per heavy atom. The summed E-state index contributed by atoms with van der Waals surface area (Å²) in [6, 6.07) is 5.57. The van der Waals surface area contributed by atoms with Crippen molar-refractivity contribution >= 4 is 38.3 Å². The fourth-order valence-corrected chi connectivity index (χ4v) is 4.03. The van der Waals surface area contributed by atoms with Gasteiger partial charge in [0.1, 0.15) is 11.6 Å². The van der Waals surface area contributed by atoms with Gasteiger partial charge in [-0.3, -0.25) is 5.10 Å². The summed E-state index contributed by atoms with van der Waals surface area (Å²) in [7, 11) is -3.56. The van der Waals surface area contributed by atoms with E-state index in [2.05, 4.69) is 25.5 Å². The molecule has 0 unspecified atom stereocenters. The van der Waals surface area contributed by atoms with Crippen LogP contribution in [0.4, 0.5) is 14.6 Å². The number of H-pyrrole nitrogens is 1. The second-order valence-corrected chi connectivity index (χ2v) is 9.87. The SMILES string of the molecule is CS(=O)(=O)c1ccc(Cl)c(-c2[nH]nc3nc(Oc4ccc(F)cc4F)nc(NC(CO)CO)c23)c1. The largest absolute Gasteiger partial charge is 0.421 e. The van der Waals surface area contributed by atoms with Gasteiger partial charge in [0.2, 0.25) is 0 Å². The molecular formula is C21H18ClF2N5O5S. The van der Waals surface area contributed by atoms with Gasteiger partial charge in [-0.25, -0.2) is 17.2 Å². The first-order valence-electron chi connectivity index (χ1n) is 9.98. The van der Waals surface area contributed by atoms with Crippen molar-refractivity contribution in [1.29, 1.82) is 0 Å². The Morgan fingerprint density at radius 3 is 2.54 bits per heavy atom. The highest BCUT2D eigenvalue weighted by molar-refractivity contribution is 7.90. The number of nitrogens with one attached hydrogen (secondary N) is 2. The number of hydrogen-bond acceptors (Lipinski definition) is 9. The maximum atomic E-state index is 14.1. The molecule has 4 N–H and O–H groups in total. The lowest BCUT2D eigenvalue weighted by Crippen LogP contribution is -2.28. The van der Waals surface area contributed by atoms with E-state index in [1.54, 1.807) is 0 Å². The molecule has 0 aliphatic carbocycles. The van der Waals surface area contributed by atoms with E-state index in [9.17, 15) is 27.4 Å². The predicted octanol–water partition coefficient (Wildman–Crippen LogP) is 2.91. The standard InChI is InChI=1S/C21H18ClF2N5O5S/c1-35(32,33)12-3-4-14(22)13(7-12)18-17-19(25-11(8-30)9-31)26-21(27-20(17)29-28-18)34-16-5-2-10(23)6-15(16)24/h2-7,11,30-31H,8-9H2,1H3,(H2,25,26,27,28,29). The molecule has 0 aliphatic rings. The molecule has 2 aromatic heterocycles. The minimum Gasteiger partial charge on any atom is -0.421 e. The van der Waals surface area contributed by atoms with Gasteiger partial charge < -0.3 is 20.3 Å². The molecule has 0 bridgehead atoms. The number of hydrogen-bond donors (Lipinski definition) is 4. The van der Waals surface area contributed by atoms with E-state index in [-0.39, 0.29) is 49.8 Å². The van der Waals surface area contributed by atoms with E-state index in [0.29, 0.717) is 6.07 Å². The maximum Gasteiger partial charge on any atom is 0.326 e. The molecule has 14 heteroatoms. The lowest BCUT2D eigenvalue weighted by molar-refractivity contribution is 0.203. The third-order valence-corrected chi connectivity index (χ3v) is 6.34. The van der Waals surface area contributed by atoms with E-state index >= 15 is 0 Å². The van der Waals surface area contributed by atoms with Crippen LogP contribution in [0.25, 0.3) is 22.3 Å². The van der Waals surface area contributed by atoms with Gasteiger partial charge in [0, 0.05) is 17.9 Å². The molecule has 0 atom stereocenters. The van der Waals surface area contributed by atoms with Gasteiger partial charge in [-0.15, -0.1) is 0 Å². The molecule has 184 valence electrons. The molecule has 4 aromatic rings. The van der Waals surface area contributed by atoms with Crippen molar-refractivity contribution in [2.75, 3.05) is 24.8 Å². The Labute approximate surface area is 202 Å². The predicted molar refractivity (Wildman–Crippen MR) is 123 cm³/mol. The molecule has 35 heavy (non-hydrogen) atoms. The van der Waals surface area contributed by atoms with Crippen LogP contribution >= 0.6 is 11.6 Å². The van der Waals surface area contributed by atoms with Crippen LogP contribution in [0.3, 0.4) is 0 Å². The molecular weight excluding hydrogens is 508 g/mol. The molecule has 2 aromatic carbocycles. The number of halogens is 3. The highest BCUT2D eigenvalue weighted by atomic mass is 35.5. The summed E-state index contributed by atoms with van der Waals surface area (Å²) in [5, 5.41) is 29.2. The monoisotopic (exact) mass is 525 g/mol. The molecule has 0 fully saturated rings. The van der Waals surface area contributed by atoms with Crippen molar-refractivity contribution in [3.8, 4) is 23.0 Å². The smallest absolute Gasteiger partial charge is 0.326 e. The highest BCUT2D eigenvalue weighted by Crippen LogP contribution is 2.37. The van der Waals surface area contributed by atoms with Crippen LogP contribution in [0.15, 0.2) is 41.3 Å². The van der Waals surface area contributed by atoms with Gasteiger partial charge in [-0.2, -0.15) is 15.1 Å². The first-order valence-corrected chi connectivity index (χ1v) is 12.2. The van der Waals surface area contributed by atoms with Gasteiger partial charge in [0.15, 0.2) is 27.1 Å². The van der Waals surface area contributed by atoms with Crippen LogP contribution in [-0.4, -0.2) is 64.3 Å². The molecule has 0 aliphatic heterocycles. The van der Waals surface area contributed by atoms with Crippen LogP contribution in [-0.2, 0) is 9.84 Å². The van der Waals surface area contributed by atoms with E-state index in [1.165, 1.54) is 18.2 Å². The first kappa shape index (κ1) is 24.7. The van der Waals surface area contributed by atoms with Gasteiger partial charge >= 0.3 is 6.01 Å². The van der Waals surface area contributed by atoms with Gasteiger partial charge in [0.05, 0.1) is 40.3 Å². The summed E-state index contributed by atoms with van der Waals surface area (Å²) in [5.41, 5.74) is 0.532. The molecule has 0 radical (unpaired) electrons. The van der Waals surface area contributed by atoms with Crippen molar-refractivity contribution in [2.24, 2.45) is 0 Å². The van der Waals surface area contributed by atoms with E-state index in [1.807, 2.05) is 0 Å². The number of nitrogens with zero attached hydrogens (tertiary/aromatic N) is 3. The summed E-state index contributed by atoms with van der Waals surface area (Å²) in [4.78, 5) is 8.35. The summed E-state index contributed by atoms with van der Waals surface area (Å²) in [6.45, 7) is -0.940. The van der Waals surface area contributed by atoms with Crippen LogP contribution in [0, 0.1) is 11.6 Å². The van der Waals surface area contributed by atoms with Gasteiger partial charge in [-0.05, 0) is 30.3 Å². The second kappa shape index (κ2) is 9.70. The Kier molecular flexibility index (Phi) is 6.85. The maximum absolute atomic E-state index is 14.1. The fraction of sp³-hybridized carbons (Fsp3) is 0.190. The number of anilines is 1. The third kappa shape index (κ3) is 5.17. The molecule has 2 heterocycles. The van der Waals surface area contributed by atoms with Crippen molar-refractivity contribution in [3.05, 3.63) is 53.1 Å². The topological polar surface area (TPSA) is 150 Å². The molecule has 10 nitrogen and oxygen atoms in total. The second-order valence-electron chi connectivity index (χ2n) is 7.45. The summed E-state index contributed by atoms with van der Waals surface area (Å²) < 4.78 is 56.8. The van der Waals surface area contributed by atoms with Gasteiger partial charge in [0.25, 0.3) is 0 Å². The molecule has 0 amide bonds. The zero-order valence-electron chi connectivity index (χ0n) is 18.0. The Morgan fingerprint density at radius 2 is 1.89 bits per heavy atom. The number of ether oxygens (including phenoxy) is 1. The minimum absolute atomic E-state index is 0.00501. The van der Waals surface area contributed by atoms with Crippen LogP contribution in [0.5, 0.6) is 11.8 Å². The molecule has 0 spiro atoms. The number of sulfone groups is 1. The van der Waals surface area contributed by atoms with E-state index in [4.69, 9.17) is 16.3 Å². The van der Waals surface area contributed by atoms with Crippen molar-refractivity contribution in [1.82, 2.24) is 20.2 Å². The number of aliphatic hydroxyl groups excluding tert-OH is 2. The van der Waals surface area contributed by atoms with Crippen molar-refractivity contribution in [2.45, 2.75) is 10.9 Å². The number of aliphatic hydroxyl groups is 2. The Balaban J connectivity index is 1.89. The Bertz CT molecular complexity index is 1510. The zero-order valence-corrected chi connectivity index (χ0v) is 19.5. The van der Waals surface area contributed by atoms with Crippen LogP contribution in [0.1, 0.15) is 0 Å². The zero-order chi connectivity index (χ0) is 25.3. The minimum atomic E-state index is -3.56. The van der Waals surface area contributed by atoms with E-state index in [0.717, 1.165) is 18.4 Å². The number of fused-ring (bicyclic) bond motifs is 1. The number of benzene rings is 2.